The van der Waals surface area contributed by atoms with Crippen molar-refractivity contribution >= 4 is 39.1 Å². The molecule has 10 heteroatoms. The van der Waals surface area contributed by atoms with Crippen molar-refractivity contribution in [2.75, 3.05) is 0 Å². The molecule has 1 aromatic carbocycles. The summed E-state index contributed by atoms with van der Waals surface area (Å²) in [7, 11) is -4.18. The molecule has 0 aliphatic heterocycles. The molecule has 1 unspecified atom stereocenters. The number of aromatic nitrogens is 2. The van der Waals surface area contributed by atoms with E-state index >= 15 is 0 Å². The molecule has 1 amide bonds. The predicted molar refractivity (Wildman–Crippen MR) is 118 cm³/mol. The van der Waals surface area contributed by atoms with Gasteiger partial charge in [-0.05, 0) is 48.1 Å². The fourth-order valence-corrected chi connectivity index (χ4v) is 6.23. The van der Waals surface area contributed by atoms with E-state index in [9.17, 15) is 13.2 Å². The van der Waals surface area contributed by atoms with E-state index in [0.29, 0.717) is 28.7 Å². The summed E-state index contributed by atoms with van der Waals surface area (Å²) in [4.78, 5) is 15.9. The SMILES string of the molecule is CC(C)Cc1cc(-c2ccc(C(C)n3ccnc3Cl)cc2)c(S(=O)(=O)NC(=O)O)s1. The molecule has 0 fully saturated rings. The summed E-state index contributed by atoms with van der Waals surface area (Å²) in [5, 5.41) is 9.32. The summed E-state index contributed by atoms with van der Waals surface area (Å²) >= 11 is 7.20. The van der Waals surface area contributed by atoms with E-state index in [0.717, 1.165) is 21.8 Å². The van der Waals surface area contributed by atoms with Crippen molar-refractivity contribution in [2.24, 2.45) is 5.92 Å². The number of hydrogen-bond donors (Lipinski definition) is 2. The third kappa shape index (κ3) is 4.85. The molecule has 30 heavy (non-hydrogen) atoms. The first kappa shape index (κ1) is 22.3. The fourth-order valence-electron chi connectivity index (χ4n) is 3.17. The van der Waals surface area contributed by atoms with Gasteiger partial charge in [-0.3, -0.25) is 0 Å². The number of rotatable bonds is 7. The van der Waals surface area contributed by atoms with Crippen molar-refractivity contribution in [1.82, 2.24) is 14.3 Å². The summed E-state index contributed by atoms with van der Waals surface area (Å²) in [5.74, 6) is 0.336. The number of nitrogens with one attached hydrogen (secondary N) is 1. The van der Waals surface area contributed by atoms with Gasteiger partial charge < -0.3 is 9.67 Å². The number of hydrogen-bond acceptors (Lipinski definition) is 5. The van der Waals surface area contributed by atoms with Gasteiger partial charge in [-0.1, -0.05) is 38.1 Å². The quantitative estimate of drug-likeness (QED) is 0.507. The van der Waals surface area contributed by atoms with Gasteiger partial charge in [0.2, 0.25) is 5.28 Å². The molecule has 0 aliphatic carbocycles. The molecule has 7 nitrogen and oxygen atoms in total. The third-order valence-electron chi connectivity index (χ3n) is 4.57. The molecule has 3 aromatic rings. The highest BCUT2D eigenvalue weighted by atomic mass is 35.5. The average Bonchev–Trinajstić information content (AvgIpc) is 3.26. The first-order valence-corrected chi connectivity index (χ1v) is 11.9. The monoisotopic (exact) mass is 467 g/mol. The molecular weight excluding hydrogens is 446 g/mol. The van der Waals surface area contributed by atoms with Gasteiger partial charge in [-0.2, -0.15) is 0 Å². The molecule has 2 aromatic heterocycles. The Morgan fingerprint density at radius 1 is 1.27 bits per heavy atom. The topological polar surface area (TPSA) is 101 Å². The molecule has 0 radical (unpaired) electrons. The lowest BCUT2D eigenvalue weighted by atomic mass is 10.0. The molecule has 160 valence electrons. The molecule has 0 aliphatic rings. The van der Waals surface area contributed by atoms with Gasteiger partial charge in [0, 0.05) is 22.8 Å². The lowest BCUT2D eigenvalue weighted by molar-refractivity contribution is 0.201. The third-order valence-corrected chi connectivity index (χ3v) is 7.87. The minimum Gasteiger partial charge on any atom is -0.464 e. The summed E-state index contributed by atoms with van der Waals surface area (Å²) in [5.41, 5.74) is 2.16. The first-order chi connectivity index (χ1) is 14.1. The van der Waals surface area contributed by atoms with Crippen molar-refractivity contribution in [3.63, 3.8) is 0 Å². The van der Waals surface area contributed by atoms with Crippen LogP contribution in [0.1, 0.15) is 37.3 Å². The smallest absolute Gasteiger partial charge is 0.418 e. The molecule has 0 bridgehead atoms. The van der Waals surface area contributed by atoms with E-state index in [1.54, 1.807) is 17.1 Å². The van der Waals surface area contributed by atoms with Crippen LogP contribution in [-0.2, 0) is 16.4 Å². The number of nitrogens with zero attached hydrogens (tertiary/aromatic N) is 2. The summed E-state index contributed by atoms with van der Waals surface area (Å²) < 4.78 is 28.7. The van der Waals surface area contributed by atoms with Gasteiger partial charge >= 0.3 is 6.09 Å². The molecule has 2 N–H and O–H groups in total. The van der Waals surface area contributed by atoms with Crippen LogP contribution < -0.4 is 4.72 Å². The Kier molecular flexibility index (Phi) is 6.54. The van der Waals surface area contributed by atoms with E-state index in [4.69, 9.17) is 16.7 Å². The lowest BCUT2D eigenvalue weighted by Crippen LogP contribution is -2.28. The second-order valence-electron chi connectivity index (χ2n) is 7.32. The minimum atomic E-state index is -4.18. The van der Waals surface area contributed by atoms with Crippen LogP contribution in [0, 0.1) is 5.92 Å². The zero-order chi connectivity index (χ0) is 22.1. The normalized spacial score (nSPS) is 12.8. The Morgan fingerprint density at radius 3 is 2.47 bits per heavy atom. The number of thiophene rings is 1. The number of imidazole rings is 1. The fraction of sp³-hybridized carbons (Fsp3) is 0.300. The van der Waals surface area contributed by atoms with Crippen molar-refractivity contribution < 1.29 is 18.3 Å². The van der Waals surface area contributed by atoms with Gasteiger partial charge in [0.05, 0.1) is 6.04 Å². The molecule has 2 heterocycles. The Balaban J connectivity index is 2.01. The number of sulfonamides is 1. The maximum Gasteiger partial charge on any atom is 0.418 e. The number of carboxylic acid groups (broad SMARTS) is 1. The van der Waals surface area contributed by atoms with E-state index in [1.807, 2.05) is 55.7 Å². The van der Waals surface area contributed by atoms with Crippen LogP contribution >= 0.6 is 22.9 Å². The maximum absolute atomic E-state index is 12.6. The highest BCUT2D eigenvalue weighted by molar-refractivity contribution is 7.92. The summed E-state index contributed by atoms with van der Waals surface area (Å²) in [6.07, 6.45) is 2.51. The largest absolute Gasteiger partial charge is 0.464 e. The van der Waals surface area contributed by atoms with Crippen molar-refractivity contribution in [1.29, 1.82) is 0 Å². The van der Waals surface area contributed by atoms with E-state index in [1.165, 1.54) is 0 Å². The van der Waals surface area contributed by atoms with Crippen LogP contribution in [0.4, 0.5) is 4.79 Å². The summed E-state index contributed by atoms with van der Waals surface area (Å²) in [6.45, 7) is 6.07. The highest BCUT2D eigenvalue weighted by Crippen LogP contribution is 2.37. The van der Waals surface area contributed by atoms with Gasteiger partial charge in [-0.25, -0.2) is 22.9 Å². The molecule has 1 atom stereocenters. The predicted octanol–water partition coefficient (Wildman–Crippen LogP) is 5.03. The highest BCUT2D eigenvalue weighted by Gasteiger charge is 2.25. The zero-order valence-corrected chi connectivity index (χ0v) is 19.1. The Hall–Kier alpha value is -2.36. The molecule has 0 saturated carbocycles. The van der Waals surface area contributed by atoms with Crippen LogP contribution in [0.3, 0.4) is 0 Å². The Bertz CT molecular complexity index is 1150. The molecular formula is C20H22ClN3O4S2. The van der Waals surface area contributed by atoms with Gasteiger partial charge in [0.25, 0.3) is 10.0 Å². The van der Waals surface area contributed by atoms with Gasteiger partial charge in [0.1, 0.15) is 4.21 Å². The molecule has 0 spiro atoms. The number of halogens is 1. The second kappa shape index (κ2) is 8.79. The van der Waals surface area contributed by atoms with E-state index in [2.05, 4.69) is 4.98 Å². The Morgan fingerprint density at radius 2 is 1.93 bits per heavy atom. The van der Waals surface area contributed by atoms with Crippen LogP contribution in [0.25, 0.3) is 11.1 Å². The number of carbonyl (C=O) groups is 1. The zero-order valence-electron chi connectivity index (χ0n) is 16.7. The maximum atomic E-state index is 12.6. The summed E-state index contributed by atoms with van der Waals surface area (Å²) in [6, 6.07) is 9.24. The number of amides is 1. The van der Waals surface area contributed by atoms with Crippen LogP contribution in [0.15, 0.2) is 46.9 Å². The standard InChI is InChI=1S/C20H22ClN3O4S2/c1-12(2)10-16-11-17(18(29-16)30(27,28)23-20(25)26)15-6-4-14(5-7-15)13(3)24-9-8-22-19(24)21/h4-9,11-13,23H,10H2,1-3H3,(H,25,26). The van der Waals surface area contributed by atoms with Crippen LogP contribution in [0.2, 0.25) is 5.28 Å². The lowest BCUT2D eigenvalue weighted by Gasteiger charge is -2.15. The van der Waals surface area contributed by atoms with Gasteiger partial charge in [-0.15, -0.1) is 11.3 Å². The van der Waals surface area contributed by atoms with Crippen molar-refractivity contribution in [3.05, 3.63) is 58.4 Å². The molecule has 0 saturated heterocycles. The first-order valence-electron chi connectivity index (χ1n) is 9.25. The number of benzene rings is 1. The van der Waals surface area contributed by atoms with Gasteiger partial charge in [0.15, 0.2) is 0 Å². The Labute approximate surface area is 184 Å². The van der Waals surface area contributed by atoms with Crippen LogP contribution in [-0.4, -0.2) is 29.2 Å². The van der Waals surface area contributed by atoms with Crippen molar-refractivity contribution in [3.8, 4) is 11.1 Å². The van der Waals surface area contributed by atoms with Crippen molar-refractivity contribution in [2.45, 2.75) is 37.4 Å². The van der Waals surface area contributed by atoms with E-state index in [-0.39, 0.29) is 10.3 Å². The molecule has 3 rings (SSSR count). The minimum absolute atomic E-state index is 0.000924. The van der Waals surface area contributed by atoms with Crippen LogP contribution in [0.5, 0.6) is 0 Å². The van der Waals surface area contributed by atoms with E-state index < -0.39 is 16.1 Å². The average molecular weight is 468 g/mol. The second-order valence-corrected chi connectivity index (χ2v) is 10.7.